The molecule has 0 saturated carbocycles. The standard InChI is InChI=1S/C24H21BrCl2N2O4/c1-14(32-21-12-7-16(26)13-19(21)25)23(30)28-17-8-10-18(11-9-17)29-24(31)15(2)33-22-6-4-3-5-20(22)27/h3-15H,1-2H3,(H,28,30)(H,29,31). The molecule has 3 aromatic rings. The zero-order valence-corrected chi connectivity index (χ0v) is 20.9. The Balaban J connectivity index is 1.53. The van der Waals surface area contributed by atoms with Crippen LogP contribution in [0.2, 0.25) is 10.0 Å². The van der Waals surface area contributed by atoms with Crippen molar-refractivity contribution in [1.82, 2.24) is 0 Å². The molecule has 33 heavy (non-hydrogen) atoms. The van der Waals surface area contributed by atoms with Crippen molar-refractivity contribution in [1.29, 1.82) is 0 Å². The number of carbonyl (C=O) groups excluding carboxylic acids is 2. The average Bonchev–Trinajstić information content (AvgIpc) is 2.78. The van der Waals surface area contributed by atoms with Gasteiger partial charge in [0.1, 0.15) is 11.5 Å². The van der Waals surface area contributed by atoms with Gasteiger partial charge in [0, 0.05) is 16.4 Å². The predicted octanol–water partition coefficient (Wildman–Crippen LogP) is 6.57. The molecule has 0 aliphatic carbocycles. The maximum Gasteiger partial charge on any atom is 0.265 e. The van der Waals surface area contributed by atoms with Crippen LogP contribution in [0.3, 0.4) is 0 Å². The SMILES string of the molecule is CC(Oc1ccccc1Cl)C(=O)Nc1ccc(NC(=O)C(C)Oc2ccc(Cl)cc2Br)cc1. The number of benzene rings is 3. The van der Waals surface area contributed by atoms with Crippen LogP contribution in [0.25, 0.3) is 0 Å². The van der Waals surface area contributed by atoms with Gasteiger partial charge in [0.25, 0.3) is 11.8 Å². The van der Waals surface area contributed by atoms with Crippen molar-refractivity contribution in [3.8, 4) is 11.5 Å². The number of carbonyl (C=O) groups is 2. The highest BCUT2D eigenvalue weighted by Crippen LogP contribution is 2.29. The van der Waals surface area contributed by atoms with E-state index in [0.717, 1.165) is 0 Å². The van der Waals surface area contributed by atoms with E-state index in [1.807, 2.05) is 0 Å². The van der Waals surface area contributed by atoms with Gasteiger partial charge in [0.15, 0.2) is 12.2 Å². The molecule has 3 aromatic carbocycles. The van der Waals surface area contributed by atoms with Gasteiger partial charge >= 0.3 is 0 Å². The highest BCUT2D eigenvalue weighted by Gasteiger charge is 2.18. The molecule has 0 aromatic heterocycles. The van der Waals surface area contributed by atoms with Crippen molar-refractivity contribution >= 4 is 62.3 Å². The Kier molecular flexibility index (Phi) is 8.61. The Bertz CT molecular complexity index is 1140. The van der Waals surface area contributed by atoms with E-state index in [1.165, 1.54) is 0 Å². The summed E-state index contributed by atoms with van der Waals surface area (Å²) in [5.74, 6) is 0.285. The van der Waals surface area contributed by atoms with Crippen molar-refractivity contribution in [2.24, 2.45) is 0 Å². The minimum Gasteiger partial charge on any atom is -0.480 e. The molecule has 0 aliphatic rings. The van der Waals surface area contributed by atoms with E-state index >= 15 is 0 Å². The van der Waals surface area contributed by atoms with Crippen LogP contribution in [0.5, 0.6) is 11.5 Å². The van der Waals surface area contributed by atoms with E-state index in [2.05, 4.69) is 26.6 Å². The Morgan fingerprint density at radius 3 is 1.82 bits per heavy atom. The van der Waals surface area contributed by atoms with Crippen molar-refractivity contribution in [3.05, 3.63) is 81.2 Å². The summed E-state index contributed by atoms with van der Waals surface area (Å²) in [6, 6.07) is 18.7. The lowest BCUT2D eigenvalue weighted by molar-refractivity contribution is -0.122. The average molecular weight is 552 g/mol. The number of amides is 2. The molecule has 2 N–H and O–H groups in total. The molecule has 0 radical (unpaired) electrons. The van der Waals surface area contributed by atoms with Crippen molar-refractivity contribution < 1.29 is 19.1 Å². The summed E-state index contributed by atoms with van der Waals surface area (Å²) in [7, 11) is 0. The molecule has 0 bridgehead atoms. The van der Waals surface area contributed by atoms with E-state index in [1.54, 1.807) is 80.6 Å². The Morgan fingerprint density at radius 2 is 1.30 bits per heavy atom. The Morgan fingerprint density at radius 1 is 0.788 bits per heavy atom. The lowest BCUT2D eigenvalue weighted by atomic mass is 10.2. The minimum atomic E-state index is -0.755. The monoisotopic (exact) mass is 550 g/mol. The normalized spacial score (nSPS) is 12.4. The fourth-order valence-electron chi connectivity index (χ4n) is 2.72. The van der Waals surface area contributed by atoms with Crippen molar-refractivity contribution in [2.75, 3.05) is 10.6 Å². The molecule has 0 spiro atoms. The van der Waals surface area contributed by atoms with Crippen LogP contribution >= 0.6 is 39.1 Å². The lowest BCUT2D eigenvalue weighted by Crippen LogP contribution is -2.30. The maximum absolute atomic E-state index is 12.5. The van der Waals surface area contributed by atoms with Gasteiger partial charge in [-0.15, -0.1) is 0 Å². The highest BCUT2D eigenvalue weighted by atomic mass is 79.9. The van der Waals surface area contributed by atoms with E-state index in [9.17, 15) is 9.59 Å². The Labute approximate surface area is 210 Å². The second-order valence-electron chi connectivity index (χ2n) is 7.08. The third-order valence-electron chi connectivity index (χ3n) is 4.50. The fraction of sp³-hybridized carbons (Fsp3) is 0.167. The third-order valence-corrected chi connectivity index (χ3v) is 5.66. The van der Waals surface area contributed by atoms with Crippen LogP contribution < -0.4 is 20.1 Å². The van der Waals surface area contributed by atoms with Crippen molar-refractivity contribution in [3.63, 3.8) is 0 Å². The quantitative estimate of drug-likeness (QED) is 0.332. The molecule has 9 heteroatoms. The molecule has 0 fully saturated rings. The van der Waals surface area contributed by atoms with Crippen LogP contribution in [0.15, 0.2) is 71.2 Å². The largest absolute Gasteiger partial charge is 0.480 e. The van der Waals surface area contributed by atoms with Crippen LogP contribution in [-0.4, -0.2) is 24.0 Å². The molecule has 2 unspecified atom stereocenters. The first-order valence-corrected chi connectivity index (χ1v) is 11.5. The van der Waals surface area contributed by atoms with Gasteiger partial charge in [0.05, 0.1) is 9.50 Å². The highest BCUT2D eigenvalue weighted by molar-refractivity contribution is 9.10. The molecule has 2 amide bonds. The number of ether oxygens (including phenoxy) is 2. The predicted molar refractivity (Wildman–Crippen MR) is 134 cm³/mol. The summed E-state index contributed by atoms with van der Waals surface area (Å²) >= 11 is 15.3. The number of anilines is 2. The molecule has 0 saturated heterocycles. The summed E-state index contributed by atoms with van der Waals surface area (Å²) in [5, 5.41) is 6.53. The van der Waals surface area contributed by atoms with Crippen LogP contribution in [0.1, 0.15) is 13.8 Å². The number of nitrogens with one attached hydrogen (secondary N) is 2. The van der Waals surface area contributed by atoms with Gasteiger partial charge in [-0.1, -0.05) is 35.3 Å². The minimum absolute atomic E-state index is 0.324. The van der Waals surface area contributed by atoms with Gasteiger partial charge in [-0.05, 0) is 84.4 Å². The van der Waals surface area contributed by atoms with Crippen LogP contribution in [0, 0.1) is 0 Å². The molecule has 172 valence electrons. The molecule has 2 atom stereocenters. The van der Waals surface area contributed by atoms with Gasteiger partial charge in [0.2, 0.25) is 0 Å². The Hall–Kier alpha value is -2.74. The lowest BCUT2D eigenvalue weighted by Gasteiger charge is -2.17. The molecular weight excluding hydrogens is 531 g/mol. The summed E-state index contributed by atoms with van der Waals surface area (Å²) in [4.78, 5) is 24.9. The van der Waals surface area contributed by atoms with Crippen LogP contribution in [0.4, 0.5) is 11.4 Å². The third kappa shape index (κ3) is 7.12. The zero-order chi connectivity index (χ0) is 24.0. The summed E-state index contributed by atoms with van der Waals surface area (Å²) < 4.78 is 12.0. The number of hydrogen-bond acceptors (Lipinski definition) is 4. The smallest absolute Gasteiger partial charge is 0.265 e. The molecule has 0 aliphatic heterocycles. The summed E-state index contributed by atoms with van der Waals surface area (Å²) in [6.45, 7) is 3.28. The molecular formula is C24H21BrCl2N2O4. The van der Waals surface area contributed by atoms with Gasteiger partial charge in [-0.25, -0.2) is 0 Å². The number of hydrogen-bond donors (Lipinski definition) is 2. The maximum atomic E-state index is 12.5. The second kappa shape index (κ2) is 11.4. The number of rotatable bonds is 8. The zero-order valence-electron chi connectivity index (χ0n) is 17.8. The van der Waals surface area contributed by atoms with Crippen molar-refractivity contribution in [2.45, 2.75) is 26.1 Å². The summed E-state index contributed by atoms with van der Waals surface area (Å²) in [6.07, 6.45) is -1.50. The topological polar surface area (TPSA) is 76.7 Å². The second-order valence-corrected chi connectivity index (χ2v) is 8.78. The van der Waals surface area contributed by atoms with Gasteiger partial charge in [-0.2, -0.15) is 0 Å². The molecule has 3 rings (SSSR count). The molecule has 6 nitrogen and oxygen atoms in total. The first kappa shape index (κ1) is 24.9. The first-order chi connectivity index (χ1) is 15.7. The molecule has 0 heterocycles. The first-order valence-electron chi connectivity index (χ1n) is 9.97. The number of para-hydroxylation sites is 1. The fourth-order valence-corrected chi connectivity index (χ4v) is 3.68. The number of halogens is 3. The van der Waals surface area contributed by atoms with E-state index in [0.29, 0.717) is 37.4 Å². The van der Waals surface area contributed by atoms with E-state index in [4.69, 9.17) is 32.7 Å². The van der Waals surface area contributed by atoms with Gasteiger partial charge in [-0.3, -0.25) is 9.59 Å². The van der Waals surface area contributed by atoms with E-state index in [-0.39, 0.29) is 11.8 Å². The summed E-state index contributed by atoms with van der Waals surface area (Å²) in [5.41, 5.74) is 1.12. The van der Waals surface area contributed by atoms with E-state index < -0.39 is 12.2 Å². The van der Waals surface area contributed by atoms with Crippen LogP contribution in [-0.2, 0) is 9.59 Å². The van der Waals surface area contributed by atoms with Gasteiger partial charge < -0.3 is 20.1 Å².